The molecule has 2 aromatic carbocycles. The van der Waals surface area contributed by atoms with Gasteiger partial charge in [0, 0.05) is 29.7 Å². The number of benzene rings is 2. The highest BCUT2D eigenvalue weighted by atomic mass is 79.9. The van der Waals surface area contributed by atoms with E-state index in [0.29, 0.717) is 29.7 Å². The first-order chi connectivity index (χ1) is 11.9. The molecule has 1 aliphatic rings. The van der Waals surface area contributed by atoms with Gasteiger partial charge in [-0.15, -0.1) is 0 Å². The number of halogens is 1. The summed E-state index contributed by atoms with van der Waals surface area (Å²) in [5, 5.41) is 0. The van der Waals surface area contributed by atoms with E-state index in [-0.39, 0.29) is 10.8 Å². The molecule has 1 heterocycles. The summed E-state index contributed by atoms with van der Waals surface area (Å²) in [6.45, 7) is 3.08. The molecule has 0 saturated carbocycles. The lowest BCUT2D eigenvalue weighted by atomic mass is 9.99. The number of anilines is 1. The lowest BCUT2D eigenvalue weighted by Crippen LogP contribution is -2.35. The number of nitrogens with zero attached hydrogens (tertiary/aromatic N) is 1. The van der Waals surface area contributed by atoms with E-state index in [0.717, 1.165) is 17.5 Å². The molecular weight excluding hydrogens is 404 g/mol. The van der Waals surface area contributed by atoms with Gasteiger partial charge >= 0.3 is 0 Å². The Balaban J connectivity index is 1.86. The van der Waals surface area contributed by atoms with E-state index in [1.165, 1.54) is 0 Å². The Morgan fingerprint density at radius 1 is 1.20 bits per heavy atom. The molecule has 132 valence electrons. The van der Waals surface area contributed by atoms with Crippen LogP contribution in [0.15, 0.2) is 51.8 Å². The van der Waals surface area contributed by atoms with Gasteiger partial charge in [0.15, 0.2) is 0 Å². The SMILES string of the molecule is CCC(=O)N1CCc2ccc(NS(=O)(=O)c3ccccc3Br)cc2C1. The molecule has 0 aromatic heterocycles. The molecule has 5 nitrogen and oxygen atoms in total. The van der Waals surface area contributed by atoms with Gasteiger partial charge in [0.25, 0.3) is 10.0 Å². The molecular formula is C18H19BrN2O3S. The first kappa shape index (κ1) is 17.9. The Bertz CT molecular complexity index is 912. The third-order valence-electron chi connectivity index (χ3n) is 4.25. The maximum Gasteiger partial charge on any atom is 0.263 e. The zero-order valence-electron chi connectivity index (χ0n) is 13.8. The fraction of sp³-hybridized carbons (Fsp3) is 0.278. The molecule has 3 rings (SSSR count). The smallest absolute Gasteiger partial charge is 0.263 e. The van der Waals surface area contributed by atoms with Crippen molar-refractivity contribution in [3.05, 3.63) is 58.1 Å². The van der Waals surface area contributed by atoms with Gasteiger partial charge in [-0.3, -0.25) is 9.52 Å². The van der Waals surface area contributed by atoms with E-state index in [4.69, 9.17) is 0 Å². The predicted molar refractivity (Wildman–Crippen MR) is 101 cm³/mol. The van der Waals surface area contributed by atoms with Crippen LogP contribution in [-0.2, 0) is 27.8 Å². The molecule has 0 aliphatic carbocycles. The first-order valence-electron chi connectivity index (χ1n) is 8.07. The normalized spacial score (nSPS) is 14.1. The zero-order chi connectivity index (χ0) is 18.0. The fourth-order valence-electron chi connectivity index (χ4n) is 2.93. The lowest BCUT2D eigenvalue weighted by molar-refractivity contribution is -0.131. The summed E-state index contributed by atoms with van der Waals surface area (Å²) in [5.41, 5.74) is 2.64. The Kier molecular flexibility index (Phi) is 5.15. The maximum absolute atomic E-state index is 12.6. The molecule has 0 atom stereocenters. The van der Waals surface area contributed by atoms with Crippen LogP contribution in [0.4, 0.5) is 5.69 Å². The topological polar surface area (TPSA) is 66.5 Å². The van der Waals surface area contributed by atoms with E-state index < -0.39 is 10.0 Å². The van der Waals surface area contributed by atoms with E-state index in [9.17, 15) is 13.2 Å². The molecule has 0 spiro atoms. The van der Waals surface area contributed by atoms with Crippen molar-refractivity contribution in [2.24, 2.45) is 0 Å². The number of hydrogen-bond donors (Lipinski definition) is 1. The molecule has 0 radical (unpaired) electrons. The van der Waals surface area contributed by atoms with Gasteiger partial charge in [0.1, 0.15) is 4.90 Å². The monoisotopic (exact) mass is 422 g/mol. The minimum Gasteiger partial charge on any atom is -0.338 e. The molecule has 1 amide bonds. The average molecular weight is 423 g/mol. The fourth-order valence-corrected chi connectivity index (χ4v) is 4.98. The molecule has 25 heavy (non-hydrogen) atoms. The van der Waals surface area contributed by atoms with Crippen molar-refractivity contribution in [3.63, 3.8) is 0 Å². The maximum atomic E-state index is 12.6. The highest BCUT2D eigenvalue weighted by Gasteiger charge is 2.21. The van der Waals surface area contributed by atoms with E-state index >= 15 is 0 Å². The average Bonchev–Trinajstić information content (AvgIpc) is 2.60. The third kappa shape index (κ3) is 3.88. The number of sulfonamides is 1. The Morgan fingerprint density at radius 3 is 2.68 bits per heavy atom. The molecule has 0 fully saturated rings. The number of amides is 1. The van der Waals surface area contributed by atoms with Gasteiger partial charge in [0.05, 0.1) is 0 Å². The van der Waals surface area contributed by atoms with Crippen LogP contribution in [0.1, 0.15) is 24.5 Å². The summed E-state index contributed by atoms with van der Waals surface area (Å²) in [7, 11) is -3.68. The van der Waals surface area contributed by atoms with Crippen LogP contribution < -0.4 is 4.72 Å². The van der Waals surface area contributed by atoms with Crippen molar-refractivity contribution in [2.45, 2.75) is 31.2 Å². The standard InChI is InChI=1S/C18H19BrN2O3S/c1-2-18(22)21-10-9-13-7-8-15(11-14(13)12-21)20-25(23,24)17-6-4-3-5-16(17)19/h3-8,11,20H,2,9-10,12H2,1H3. The van der Waals surface area contributed by atoms with Crippen molar-refractivity contribution in [3.8, 4) is 0 Å². The van der Waals surface area contributed by atoms with Gasteiger partial charge in [-0.05, 0) is 57.7 Å². The van der Waals surface area contributed by atoms with Crippen LogP contribution in [0, 0.1) is 0 Å². The number of fused-ring (bicyclic) bond motifs is 1. The highest BCUT2D eigenvalue weighted by Crippen LogP contribution is 2.27. The highest BCUT2D eigenvalue weighted by molar-refractivity contribution is 9.10. The van der Waals surface area contributed by atoms with Gasteiger partial charge in [-0.1, -0.05) is 25.1 Å². The summed E-state index contributed by atoms with van der Waals surface area (Å²) in [6, 6.07) is 12.2. The van der Waals surface area contributed by atoms with Gasteiger partial charge in [-0.2, -0.15) is 0 Å². The molecule has 0 unspecified atom stereocenters. The summed E-state index contributed by atoms with van der Waals surface area (Å²) in [5.74, 6) is 0.116. The van der Waals surface area contributed by atoms with Gasteiger partial charge in [-0.25, -0.2) is 8.42 Å². The van der Waals surface area contributed by atoms with Crippen molar-refractivity contribution < 1.29 is 13.2 Å². The second kappa shape index (κ2) is 7.17. The van der Waals surface area contributed by atoms with Crippen LogP contribution in [-0.4, -0.2) is 25.8 Å². The lowest BCUT2D eigenvalue weighted by Gasteiger charge is -2.29. The van der Waals surface area contributed by atoms with Crippen molar-refractivity contribution in [2.75, 3.05) is 11.3 Å². The Labute approximate surface area is 156 Å². The molecule has 2 aromatic rings. The van der Waals surface area contributed by atoms with E-state index in [1.807, 2.05) is 24.0 Å². The molecule has 7 heteroatoms. The Hall–Kier alpha value is -1.86. The van der Waals surface area contributed by atoms with Crippen LogP contribution in [0.3, 0.4) is 0 Å². The number of carbonyl (C=O) groups excluding carboxylic acids is 1. The van der Waals surface area contributed by atoms with Crippen LogP contribution in [0.25, 0.3) is 0 Å². The van der Waals surface area contributed by atoms with Gasteiger partial charge < -0.3 is 4.90 Å². The quantitative estimate of drug-likeness (QED) is 0.818. The van der Waals surface area contributed by atoms with Crippen LogP contribution >= 0.6 is 15.9 Å². The Morgan fingerprint density at radius 2 is 1.96 bits per heavy atom. The first-order valence-corrected chi connectivity index (χ1v) is 10.4. The molecule has 1 N–H and O–H groups in total. The van der Waals surface area contributed by atoms with E-state index in [1.54, 1.807) is 30.3 Å². The van der Waals surface area contributed by atoms with Gasteiger partial charge in [0.2, 0.25) is 5.91 Å². The molecule has 0 saturated heterocycles. The predicted octanol–water partition coefficient (Wildman–Crippen LogP) is 3.54. The second-order valence-electron chi connectivity index (χ2n) is 5.94. The third-order valence-corrected chi connectivity index (χ3v) is 6.65. The molecule has 1 aliphatic heterocycles. The van der Waals surface area contributed by atoms with E-state index in [2.05, 4.69) is 20.7 Å². The van der Waals surface area contributed by atoms with Crippen LogP contribution in [0.2, 0.25) is 0 Å². The number of rotatable bonds is 4. The number of hydrogen-bond acceptors (Lipinski definition) is 3. The zero-order valence-corrected chi connectivity index (χ0v) is 16.2. The number of nitrogens with one attached hydrogen (secondary N) is 1. The van der Waals surface area contributed by atoms with Crippen molar-refractivity contribution >= 4 is 37.5 Å². The summed E-state index contributed by atoms with van der Waals surface area (Å²) in [6.07, 6.45) is 1.27. The molecule has 0 bridgehead atoms. The van der Waals surface area contributed by atoms with Crippen molar-refractivity contribution in [1.29, 1.82) is 0 Å². The van der Waals surface area contributed by atoms with Crippen LogP contribution in [0.5, 0.6) is 0 Å². The second-order valence-corrected chi connectivity index (χ2v) is 8.44. The summed E-state index contributed by atoms with van der Waals surface area (Å²) >= 11 is 3.27. The summed E-state index contributed by atoms with van der Waals surface area (Å²) in [4.78, 5) is 13.9. The largest absolute Gasteiger partial charge is 0.338 e. The summed E-state index contributed by atoms with van der Waals surface area (Å²) < 4.78 is 28.3. The number of carbonyl (C=O) groups is 1. The minimum absolute atomic E-state index is 0.116. The minimum atomic E-state index is -3.68. The van der Waals surface area contributed by atoms with Crippen molar-refractivity contribution in [1.82, 2.24) is 4.90 Å².